The summed E-state index contributed by atoms with van der Waals surface area (Å²) in [4.78, 5) is 3.97. The molecule has 0 spiro atoms. The average molecular weight is 178 g/mol. The third-order valence-electron chi connectivity index (χ3n) is 1.97. The molecule has 2 nitrogen and oxygen atoms in total. The van der Waals surface area contributed by atoms with Crippen molar-refractivity contribution in [2.45, 2.75) is 33.2 Å². The molecule has 0 saturated heterocycles. The molecule has 0 aliphatic rings. The molecule has 72 valence electrons. The standard InChI is InChI=1S/C11H18N2/c1-11(2,3)8-10(12)9-4-6-13-7-5-9/h4-7,10H,8,12H2,1-3H3/t10-/m0/s1. The summed E-state index contributed by atoms with van der Waals surface area (Å²) in [7, 11) is 0. The van der Waals surface area contributed by atoms with Gasteiger partial charge in [0.15, 0.2) is 0 Å². The first-order chi connectivity index (χ1) is 5.99. The van der Waals surface area contributed by atoms with Gasteiger partial charge in [-0.1, -0.05) is 20.8 Å². The number of rotatable bonds is 2. The molecule has 1 heterocycles. The summed E-state index contributed by atoms with van der Waals surface area (Å²) in [5.74, 6) is 0. The number of aromatic nitrogens is 1. The Kier molecular flexibility index (Phi) is 3.04. The lowest BCUT2D eigenvalue weighted by Gasteiger charge is -2.23. The van der Waals surface area contributed by atoms with Crippen molar-refractivity contribution in [3.63, 3.8) is 0 Å². The molecule has 1 aromatic rings. The van der Waals surface area contributed by atoms with Crippen LogP contribution in [0.5, 0.6) is 0 Å². The Labute approximate surface area is 80.2 Å². The van der Waals surface area contributed by atoms with Gasteiger partial charge in [0.05, 0.1) is 0 Å². The fourth-order valence-corrected chi connectivity index (χ4v) is 1.39. The Morgan fingerprint density at radius 2 is 1.85 bits per heavy atom. The Hall–Kier alpha value is -0.890. The van der Waals surface area contributed by atoms with Crippen molar-refractivity contribution in [3.05, 3.63) is 30.1 Å². The highest BCUT2D eigenvalue weighted by Gasteiger charge is 2.16. The number of nitrogens with two attached hydrogens (primary N) is 1. The molecule has 0 fully saturated rings. The molecule has 0 radical (unpaired) electrons. The van der Waals surface area contributed by atoms with Crippen LogP contribution in [0.2, 0.25) is 0 Å². The zero-order chi connectivity index (χ0) is 9.90. The second-order valence-corrected chi connectivity index (χ2v) is 4.65. The van der Waals surface area contributed by atoms with Crippen LogP contribution >= 0.6 is 0 Å². The van der Waals surface area contributed by atoms with E-state index in [1.54, 1.807) is 12.4 Å². The van der Waals surface area contributed by atoms with E-state index in [0.717, 1.165) is 6.42 Å². The van der Waals surface area contributed by atoms with Crippen LogP contribution in [0.3, 0.4) is 0 Å². The second kappa shape index (κ2) is 3.88. The molecule has 0 unspecified atom stereocenters. The minimum atomic E-state index is 0.128. The first-order valence-electron chi connectivity index (χ1n) is 4.64. The molecule has 0 bridgehead atoms. The zero-order valence-corrected chi connectivity index (χ0v) is 8.62. The van der Waals surface area contributed by atoms with Crippen LogP contribution < -0.4 is 5.73 Å². The molecule has 1 atom stereocenters. The zero-order valence-electron chi connectivity index (χ0n) is 8.62. The van der Waals surface area contributed by atoms with Crippen molar-refractivity contribution >= 4 is 0 Å². The molecular weight excluding hydrogens is 160 g/mol. The highest BCUT2D eigenvalue weighted by atomic mass is 14.7. The average Bonchev–Trinajstić information content (AvgIpc) is 2.03. The van der Waals surface area contributed by atoms with Crippen molar-refractivity contribution in [2.24, 2.45) is 11.1 Å². The molecule has 0 aliphatic carbocycles. The smallest absolute Gasteiger partial charge is 0.0300 e. The number of hydrogen-bond donors (Lipinski definition) is 1. The lowest BCUT2D eigenvalue weighted by Crippen LogP contribution is -2.18. The maximum Gasteiger partial charge on any atom is 0.0300 e. The number of nitrogens with zero attached hydrogens (tertiary/aromatic N) is 1. The van der Waals surface area contributed by atoms with Gasteiger partial charge in [-0.05, 0) is 29.5 Å². The van der Waals surface area contributed by atoms with Gasteiger partial charge in [0.1, 0.15) is 0 Å². The molecule has 2 heteroatoms. The van der Waals surface area contributed by atoms with E-state index in [1.165, 1.54) is 5.56 Å². The minimum Gasteiger partial charge on any atom is -0.324 e. The van der Waals surface area contributed by atoms with Crippen LogP contribution in [-0.2, 0) is 0 Å². The van der Waals surface area contributed by atoms with E-state index in [0.29, 0.717) is 0 Å². The van der Waals surface area contributed by atoms with Gasteiger partial charge in [-0.2, -0.15) is 0 Å². The Morgan fingerprint density at radius 3 is 2.31 bits per heavy atom. The number of hydrogen-bond acceptors (Lipinski definition) is 2. The van der Waals surface area contributed by atoms with E-state index in [2.05, 4.69) is 25.8 Å². The first-order valence-corrected chi connectivity index (χ1v) is 4.64. The van der Waals surface area contributed by atoms with Crippen molar-refractivity contribution < 1.29 is 0 Å². The van der Waals surface area contributed by atoms with Crippen molar-refractivity contribution in [1.82, 2.24) is 4.98 Å². The largest absolute Gasteiger partial charge is 0.324 e. The van der Waals surface area contributed by atoms with Crippen molar-refractivity contribution in [3.8, 4) is 0 Å². The summed E-state index contributed by atoms with van der Waals surface area (Å²) >= 11 is 0. The monoisotopic (exact) mass is 178 g/mol. The van der Waals surface area contributed by atoms with E-state index < -0.39 is 0 Å². The van der Waals surface area contributed by atoms with Crippen LogP contribution in [0.1, 0.15) is 38.8 Å². The van der Waals surface area contributed by atoms with Gasteiger partial charge in [-0.25, -0.2) is 0 Å². The topological polar surface area (TPSA) is 38.9 Å². The summed E-state index contributed by atoms with van der Waals surface area (Å²) in [6.45, 7) is 6.61. The van der Waals surface area contributed by atoms with E-state index in [1.807, 2.05) is 12.1 Å². The summed E-state index contributed by atoms with van der Waals surface area (Å²) in [6.07, 6.45) is 4.58. The first kappa shape index (κ1) is 10.2. The molecule has 2 N–H and O–H groups in total. The van der Waals surface area contributed by atoms with Gasteiger partial charge >= 0.3 is 0 Å². The van der Waals surface area contributed by atoms with Crippen molar-refractivity contribution in [1.29, 1.82) is 0 Å². The fraction of sp³-hybridized carbons (Fsp3) is 0.545. The van der Waals surface area contributed by atoms with Gasteiger partial charge in [0.2, 0.25) is 0 Å². The summed E-state index contributed by atoms with van der Waals surface area (Å²) < 4.78 is 0. The van der Waals surface area contributed by atoms with Crippen LogP contribution in [-0.4, -0.2) is 4.98 Å². The Balaban J connectivity index is 2.64. The SMILES string of the molecule is CC(C)(C)C[C@H](N)c1ccncc1. The van der Waals surface area contributed by atoms with E-state index in [-0.39, 0.29) is 11.5 Å². The van der Waals surface area contributed by atoms with Gasteiger partial charge in [0.25, 0.3) is 0 Å². The normalized spacial score (nSPS) is 14.2. The van der Waals surface area contributed by atoms with E-state index in [4.69, 9.17) is 5.73 Å². The highest BCUT2D eigenvalue weighted by Crippen LogP contribution is 2.26. The van der Waals surface area contributed by atoms with Gasteiger partial charge in [-0.3, -0.25) is 4.98 Å². The summed E-state index contributed by atoms with van der Waals surface area (Å²) in [5, 5.41) is 0. The third kappa shape index (κ3) is 3.55. The molecule has 0 aliphatic heterocycles. The second-order valence-electron chi connectivity index (χ2n) is 4.65. The molecule has 1 aromatic heterocycles. The number of pyridine rings is 1. The Morgan fingerprint density at radius 1 is 1.31 bits per heavy atom. The maximum atomic E-state index is 6.05. The highest BCUT2D eigenvalue weighted by molar-refractivity contribution is 5.14. The van der Waals surface area contributed by atoms with E-state index >= 15 is 0 Å². The van der Waals surface area contributed by atoms with Crippen molar-refractivity contribution in [2.75, 3.05) is 0 Å². The van der Waals surface area contributed by atoms with Gasteiger partial charge in [-0.15, -0.1) is 0 Å². The summed E-state index contributed by atoms with van der Waals surface area (Å²) in [5.41, 5.74) is 7.51. The molecule has 0 aromatic carbocycles. The molecule has 0 amide bonds. The molecule has 13 heavy (non-hydrogen) atoms. The maximum absolute atomic E-state index is 6.05. The van der Waals surface area contributed by atoms with Crippen LogP contribution in [0, 0.1) is 5.41 Å². The molecule has 0 saturated carbocycles. The van der Waals surface area contributed by atoms with Gasteiger partial charge in [0, 0.05) is 18.4 Å². The van der Waals surface area contributed by atoms with Crippen LogP contribution in [0.25, 0.3) is 0 Å². The van der Waals surface area contributed by atoms with Crippen LogP contribution in [0.15, 0.2) is 24.5 Å². The predicted octanol–water partition coefficient (Wildman–Crippen LogP) is 2.52. The molecular formula is C11H18N2. The predicted molar refractivity (Wildman–Crippen MR) is 55.2 cm³/mol. The molecule has 1 rings (SSSR count). The quantitative estimate of drug-likeness (QED) is 0.755. The van der Waals surface area contributed by atoms with Crippen LogP contribution in [0.4, 0.5) is 0 Å². The van der Waals surface area contributed by atoms with Gasteiger partial charge < -0.3 is 5.73 Å². The lowest BCUT2D eigenvalue weighted by atomic mass is 9.86. The minimum absolute atomic E-state index is 0.128. The Bertz CT molecular complexity index is 249. The van der Waals surface area contributed by atoms with E-state index in [9.17, 15) is 0 Å². The fourth-order valence-electron chi connectivity index (χ4n) is 1.39. The summed E-state index contributed by atoms with van der Waals surface area (Å²) in [6, 6.07) is 4.09. The lowest BCUT2D eigenvalue weighted by molar-refractivity contribution is 0.342. The third-order valence-corrected chi connectivity index (χ3v) is 1.97.